The molecule has 1 unspecified atom stereocenters. The minimum Gasteiger partial charge on any atom is -0.255 e. The second kappa shape index (κ2) is 5.03. The van der Waals surface area contributed by atoms with Gasteiger partial charge in [-0.05, 0) is 6.92 Å². The highest BCUT2D eigenvalue weighted by Crippen LogP contribution is 2.24. The molecule has 16 heavy (non-hydrogen) atoms. The van der Waals surface area contributed by atoms with E-state index in [-0.39, 0.29) is 16.1 Å². The van der Waals surface area contributed by atoms with Crippen molar-refractivity contribution in [2.45, 2.75) is 18.0 Å². The third kappa shape index (κ3) is 2.42. The average molecular weight is 331 g/mol. The summed E-state index contributed by atoms with van der Waals surface area (Å²) in [5.41, 5.74) is 0. The minimum atomic E-state index is -3.60. The molecular weight excluding hydrogens is 318 g/mol. The molecule has 0 saturated carbocycles. The number of rotatable bonds is 4. The fourth-order valence-electron chi connectivity index (χ4n) is 1.16. The highest BCUT2D eigenvalue weighted by molar-refractivity contribution is 9.09. The Morgan fingerprint density at radius 1 is 1.69 bits per heavy atom. The highest BCUT2D eigenvalue weighted by atomic mass is 79.9. The zero-order chi connectivity index (χ0) is 12.5. The number of hydrogen-bond acceptors (Lipinski definition) is 3. The van der Waals surface area contributed by atoms with Gasteiger partial charge in [-0.2, -0.15) is 9.40 Å². The molecule has 1 aromatic heterocycles. The van der Waals surface area contributed by atoms with E-state index in [4.69, 9.17) is 11.6 Å². The summed E-state index contributed by atoms with van der Waals surface area (Å²) >= 11 is 9.07. The number of sulfonamides is 1. The fraction of sp³-hybridized carbons (Fsp3) is 0.625. The third-order valence-corrected chi connectivity index (χ3v) is 5.73. The number of aryl methyl sites for hydroxylation is 1. The lowest BCUT2D eigenvalue weighted by Crippen LogP contribution is -2.37. The molecule has 1 heterocycles. The van der Waals surface area contributed by atoms with Gasteiger partial charge in [-0.25, -0.2) is 8.42 Å². The molecule has 5 nitrogen and oxygen atoms in total. The van der Waals surface area contributed by atoms with Crippen molar-refractivity contribution in [3.05, 3.63) is 11.2 Å². The van der Waals surface area contributed by atoms with Gasteiger partial charge in [0.1, 0.15) is 0 Å². The van der Waals surface area contributed by atoms with Crippen LogP contribution in [-0.2, 0) is 17.1 Å². The standard InChI is InChI=1S/C8H13BrClN3O2S/c1-6(4-9)13(3)16(14,15)8-7(10)5-11-12(8)2/h5-6H,4H2,1-3H3. The van der Waals surface area contributed by atoms with Gasteiger partial charge in [-0.3, -0.25) is 4.68 Å². The largest absolute Gasteiger partial charge is 0.261 e. The predicted molar refractivity (Wildman–Crippen MR) is 66.4 cm³/mol. The summed E-state index contributed by atoms with van der Waals surface area (Å²) < 4.78 is 26.9. The van der Waals surface area contributed by atoms with E-state index >= 15 is 0 Å². The summed E-state index contributed by atoms with van der Waals surface area (Å²) in [5.74, 6) is 0. The van der Waals surface area contributed by atoms with Crippen LogP contribution in [0.5, 0.6) is 0 Å². The second-order valence-corrected chi connectivity index (χ2v) is 6.41. The number of nitrogens with zero attached hydrogens (tertiary/aromatic N) is 3. The van der Waals surface area contributed by atoms with Crippen molar-refractivity contribution >= 4 is 37.6 Å². The van der Waals surface area contributed by atoms with Crippen molar-refractivity contribution in [2.75, 3.05) is 12.4 Å². The lowest BCUT2D eigenvalue weighted by Gasteiger charge is -2.22. The Hall–Kier alpha value is -0.110. The summed E-state index contributed by atoms with van der Waals surface area (Å²) in [6.45, 7) is 1.80. The molecule has 1 rings (SSSR count). The van der Waals surface area contributed by atoms with Crippen molar-refractivity contribution < 1.29 is 8.42 Å². The van der Waals surface area contributed by atoms with Crippen LogP contribution in [0.4, 0.5) is 0 Å². The fourth-order valence-corrected chi connectivity index (χ4v) is 3.75. The van der Waals surface area contributed by atoms with Gasteiger partial charge in [0.05, 0.1) is 11.2 Å². The van der Waals surface area contributed by atoms with Gasteiger partial charge in [0.15, 0.2) is 5.03 Å². The number of halogens is 2. The van der Waals surface area contributed by atoms with E-state index in [0.717, 1.165) is 0 Å². The molecule has 0 radical (unpaired) electrons. The van der Waals surface area contributed by atoms with Gasteiger partial charge in [-0.15, -0.1) is 0 Å². The van der Waals surface area contributed by atoms with E-state index in [9.17, 15) is 8.42 Å². The van der Waals surface area contributed by atoms with Crippen molar-refractivity contribution in [1.29, 1.82) is 0 Å². The Bertz CT molecular complexity index is 454. The summed E-state index contributed by atoms with van der Waals surface area (Å²) in [6, 6.07) is -0.157. The Labute approximate surface area is 109 Å². The summed E-state index contributed by atoms with van der Waals surface area (Å²) in [7, 11) is -0.531. The topological polar surface area (TPSA) is 55.2 Å². The summed E-state index contributed by atoms with van der Waals surface area (Å²) in [5, 5.41) is 4.52. The van der Waals surface area contributed by atoms with Crippen LogP contribution in [0.2, 0.25) is 5.02 Å². The van der Waals surface area contributed by atoms with Crippen molar-refractivity contribution in [3.8, 4) is 0 Å². The van der Waals surface area contributed by atoms with Crippen LogP contribution in [0.1, 0.15) is 6.92 Å². The van der Waals surface area contributed by atoms with Crippen LogP contribution < -0.4 is 0 Å². The molecule has 0 aliphatic rings. The SMILES string of the molecule is CC(CBr)N(C)S(=O)(=O)c1c(Cl)cnn1C. The van der Waals surface area contributed by atoms with Crippen LogP contribution in [0.15, 0.2) is 11.2 Å². The maximum Gasteiger partial charge on any atom is 0.261 e. The molecule has 0 aromatic carbocycles. The first-order valence-electron chi connectivity index (χ1n) is 4.53. The molecular formula is C8H13BrClN3O2S. The summed E-state index contributed by atoms with van der Waals surface area (Å²) in [4.78, 5) is 0. The number of alkyl halides is 1. The average Bonchev–Trinajstić information content (AvgIpc) is 2.56. The van der Waals surface area contributed by atoms with Gasteiger partial charge in [-0.1, -0.05) is 27.5 Å². The first-order valence-corrected chi connectivity index (χ1v) is 7.47. The molecule has 0 spiro atoms. The van der Waals surface area contributed by atoms with Crippen LogP contribution in [-0.4, -0.2) is 40.9 Å². The van der Waals surface area contributed by atoms with E-state index in [1.54, 1.807) is 14.0 Å². The third-order valence-electron chi connectivity index (χ3n) is 2.31. The molecule has 0 fully saturated rings. The van der Waals surface area contributed by atoms with Gasteiger partial charge in [0.25, 0.3) is 10.0 Å². The molecule has 1 atom stereocenters. The zero-order valence-electron chi connectivity index (χ0n) is 9.18. The molecule has 0 saturated heterocycles. The first-order chi connectivity index (χ1) is 7.32. The molecule has 1 aromatic rings. The number of aromatic nitrogens is 2. The molecule has 0 bridgehead atoms. The molecule has 92 valence electrons. The zero-order valence-corrected chi connectivity index (χ0v) is 12.3. The Kier molecular flexibility index (Phi) is 4.39. The van der Waals surface area contributed by atoms with Gasteiger partial charge < -0.3 is 0 Å². The van der Waals surface area contributed by atoms with E-state index in [1.165, 1.54) is 22.2 Å². The van der Waals surface area contributed by atoms with Crippen LogP contribution >= 0.6 is 27.5 Å². The maximum absolute atomic E-state index is 12.2. The van der Waals surface area contributed by atoms with Gasteiger partial charge >= 0.3 is 0 Å². The molecule has 8 heteroatoms. The minimum absolute atomic E-state index is 0.0180. The molecule has 0 aliphatic heterocycles. The molecule has 0 aliphatic carbocycles. The second-order valence-electron chi connectivity index (χ2n) is 3.45. The van der Waals surface area contributed by atoms with Crippen molar-refractivity contribution in [2.24, 2.45) is 7.05 Å². The van der Waals surface area contributed by atoms with E-state index < -0.39 is 10.0 Å². The van der Waals surface area contributed by atoms with Crippen LogP contribution in [0, 0.1) is 0 Å². The maximum atomic E-state index is 12.2. The van der Waals surface area contributed by atoms with Crippen LogP contribution in [0.3, 0.4) is 0 Å². The Morgan fingerprint density at radius 3 is 2.62 bits per heavy atom. The molecule has 0 N–H and O–H groups in total. The Morgan fingerprint density at radius 2 is 2.25 bits per heavy atom. The molecule has 0 amide bonds. The van der Waals surface area contributed by atoms with Crippen molar-refractivity contribution in [3.63, 3.8) is 0 Å². The first kappa shape index (κ1) is 14.0. The predicted octanol–water partition coefficient (Wildman–Crippen LogP) is 1.48. The van der Waals surface area contributed by atoms with E-state index in [0.29, 0.717) is 5.33 Å². The summed E-state index contributed by atoms with van der Waals surface area (Å²) in [6.07, 6.45) is 1.32. The van der Waals surface area contributed by atoms with Crippen LogP contribution in [0.25, 0.3) is 0 Å². The van der Waals surface area contributed by atoms with Crippen molar-refractivity contribution in [1.82, 2.24) is 14.1 Å². The van der Waals surface area contributed by atoms with Gasteiger partial charge in [0.2, 0.25) is 0 Å². The lowest BCUT2D eigenvalue weighted by molar-refractivity contribution is 0.410. The normalized spacial score (nSPS) is 14.4. The lowest BCUT2D eigenvalue weighted by atomic mass is 10.4. The monoisotopic (exact) mass is 329 g/mol. The quantitative estimate of drug-likeness (QED) is 0.786. The van der Waals surface area contributed by atoms with E-state index in [2.05, 4.69) is 21.0 Å². The smallest absolute Gasteiger partial charge is 0.255 e. The Balaban J connectivity index is 3.22. The highest BCUT2D eigenvalue weighted by Gasteiger charge is 2.30. The number of hydrogen-bond donors (Lipinski definition) is 0. The van der Waals surface area contributed by atoms with E-state index in [1.807, 2.05) is 0 Å². The van der Waals surface area contributed by atoms with Gasteiger partial charge in [0, 0.05) is 25.5 Å².